The minimum Gasteiger partial charge on any atom is -0.311 e. The maximum atomic E-state index is 12.4. The summed E-state index contributed by atoms with van der Waals surface area (Å²) in [6, 6.07) is 0. The molecule has 0 bridgehead atoms. The van der Waals surface area contributed by atoms with Gasteiger partial charge in [-0.2, -0.15) is 0 Å². The van der Waals surface area contributed by atoms with Gasteiger partial charge in [0.15, 0.2) is 0 Å². The minimum atomic E-state index is -2.46. The van der Waals surface area contributed by atoms with Crippen LogP contribution in [-0.2, 0) is 0 Å². The quantitative estimate of drug-likeness (QED) is 0.625. The molecule has 0 aliphatic carbocycles. The van der Waals surface area contributed by atoms with E-state index >= 15 is 0 Å². The van der Waals surface area contributed by atoms with Gasteiger partial charge in [-0.25, -0.2) is 8.78 Å². The largest absolute Gasteiger partial charge is 0.311 e. The number of halogens is 2. The molecule has 1 unspecified atom stereocenters. The number of nitrogens with one attached hydrogen (secondary N) is 1. The molecule has 0 spiro atoms. The summed E-state index contributed by atoms with van der Waals surface area (Å²) in [6.45, 7) is 10.4. The van der Waals surface area contributed by atoms with Gasteiger partial charge in [-0.1, -0.05) is 34.6 Å². The molecular formula is C10H23F2N. The van der Waals surface area contributed by atoms with Gasteiger partial charge in [0.2, 0.25) is 0 Å². The van der Waals surface area contributed by atoms with Gasteiger partial charge in [0.05, 0.1) is 6.54 Å². The molecule has 1 N–H and O–H groups in total. The van der Waals surface area contributed by atoms with Gasteiger partial charge in [0.1, 0.15) is 0 Å². The van der Waals surface area contributed by atoms with Crippen molar-refractivity contribution in [1.29, 1.82) is 0 Å². The van der Waals surface area contributed by atoms with Gasteiger partial charge in [-0.15, -0.1) is 0 Å². The second kappa shape index (κ2) is 8.42. The van der Waals surface area contributed by atoms with Gasteiger partial charge in [-0.3, -0.25) is 0 Å². The molecule has 0 saturated carbocycles. The first-order valence-electron chi connectivity index (χ1n) is 5.19. The molecule has 0 aromatic heterocycles. The Hall–Kier alpha value is -0.180. The molecular weight excluding hydrogens is 172 g/mol. The van der Waals surface area contributed by atoms with Crippen molar-refractivity contribution in [3.63, 3.8) is 0 Å². The third-order valence-corrected chi connectivity index (χ3v) is 1.52. The van der Waals surface area contributed by atoms with Crippen LogP contribution >= 0.6 is 0 Å². The van der Waals surface area contributed by atoms with Crippen molar-refractivity contribution in [1.82, 2.24) is 5.32 Å². The normalized spacial score (nSPS) is 24.7. The van der Waals surface area contributed by atoms with E-state index in [1.54, 1.807) is 0 Å². The van der Waals surface area contributed by atoms with Crippen LogP contribution in [0.4, 0.5) is 8.78 Å². The standard InChI is InChI=1S/C6H11F2N.2C2H6/c1-5-2-6(7,8)4-9-3-5;2*1-2/h5,9H,2-4H2,1H3;2*1-2H3. The zero-order valence-corrected chi connectivity index (χ0v) is 9.45. The SMILES string of the molecule is CC.CC.CC1CNCC(F)(F)C1. The Morgan fingerprint density at radius 1 is 1.15 bits per heavy atom. The predicted molar refractivity (Wildman–Crippen MR) is 54.3 cm³/mol. The fourth-order valence-electron chi connectivity index (χ4n) is 1.16. The Bertz CT molecular complexity index is 105. The summed E-state index contributed by atoms with van der Waals surface area (Å²) in [5.41, 5.74) is 0. The molecule has 1 aliphatic rings. The highest BCUT2D eigenvalue weighted by Gasteiger charge is 2.33. The lowest BCUT2D eigenvalue weighted by Crippen LogP contribution is -2.42. The van der Waals surface area contributed by atoms with Crippen molar-refractivity contribution >= 4 is 0 Å². The van der Waals surface area contributed by atoms with E-state index < -0.39 is 5.92 Å². The van der Waals surface area contributed by atoms with Crippen molar-refractivity contribution in [3.05, 3.63) is 0 Å². The van der Waals surface area contributed by atoms with Crippen LogP contribution in [0.25, 0.3) is 0 Å². The monoisotopic (exact) mass is 195 g/mol. The van der Waals surface area contributed by atoms with Crippen LogP contribution in [0.15, 0.2) is 0 Å². The lowest BCUT2D eigenvalue weighted by atomic mass is 9.99. The third-order valence-electron chi connectivity index (χ3n) is 1.52. The van der Waals surface area contributed by atoms with Gasteiger partial charge in [-0.05, 0) is 12.5 Å². The van der Waals surface area contributed by atoms with Gasteiger partial charge >= 0.3 is 0 Å². The van der Waals surface area contributed by atoms with Crippen molar-refractivity contribution in [2.24, 2.45) is 5.92 Å². The molecule has 0 amide bonds. The average Bonchev–Trinajstić information content (AvgIpc) is 2.09. The van der Waals surface area contributed by atoms with Gasteiger partial charge in [0.25, 0.3) is 5.92 Å². The Labute approximate surface area is 80.9 Å². The van der Waals surface area contributed by atoms with E-state index in [9.17, 15) is 8.78 Å². The zero-order valence-electron chi connectivity index (χ0n) is 9.45. The number of hydrogen-bond acceptors (Lipinski definition) is 1. The number of alkyl halides is 2. The summed E-state index contributed by atoms with van der Waals surface area (Å²) in [7, 11) is 0. The Kier molecular flexibility index (Phi) is 9.91. The van der Waals surface area contributed by atoms with Crippen LogP contribution in [0.1, 0.15) is 41.0 Å². The van der Waals surface area contributed by atoms with Crippen LogP contribution in [0.3, 0.4) is 0 Å². The first-order chi connectivity index (χ1) is 6.10. The number of hydrogen-bond donors (Lipinski definition) is 1. The molecule has 0 radical (unpaired) electrons. The summed E-state index contributed by atoms with van der Waals surface area (Å²) in [6.07, 6.45) is 0.0417. The van der Waals surface area contributed by atoms with Crippen LogP contribution in [0.2, 0.25) is 0 Å². The molecule has 0 aromatic rings. The van der Waals surface area contributed by atoms with Crippen molar-refractivity contribution in [2.75, 3.05) is 13.1 Å². The molecule has 82 valence electrons. The van der Waals surface area contributed by atoms with Crippen molar-refractivity contribution < 1.29 is 8.78 Å². The topological polar surface area (TPSA) is 12.0 Å². The third kappa shape index (κ3) is 8.16. The molecule has 1 rings (SSSR count). The second-order valence-electron chi connectivity index (χ2n) is 2.80. The van der Waals surface area contributed by atoms with Crippen molar-refractivity contribution in [3.8, 4) is 0 Å². The average molecular weight is 195 g/mol. The van der Waals surface area contributed by atoms with E-state index in [-0.39, 0.29) is 18.9 Å². The molecule has 0 aromatic carbocycles. The number of piperidine rings is 1. The predicted octanol–water partition coefficient (Wildman–Crippen LogP) is 3.30. The maximum Gasteiger partial charge on any atom is 0.260 e. The molecule has 1 aliphatic heterocycles. The molecule has 1 atom stereocenters. The summed E-state index contributed by atoms with van der Waals surface area (Å²) >= 11 is 0. The van der Waals surface area contributed by atoms with E-state index in [1.807, 2.05) is 34.6 Å². The Balaban J connectivity index is 0. The fraction of sp³-hybridized carbons (Fsp3) is 1.00. The van der Waals surface area contributed by atoms with E-state index in [4.69, 9.17) is 0 Å². The summed E-state index contributed by atoms with van der Waals surface area (Å²) in [5, 5.41) is 2.67. The number of rotatable bonds is 0. The highest BCUT2D eigenvalue weighted by Crippen LogP contribution is 2.25. The molecule has 1 heterocycles. The maximum absolute atomic E-state index is 12.4. The Morgan fingerprint density at radius 3 is 1.85 bits per heavy atom. The zero-order chi connectivity index (χ0) is 10.9. The molecule has 1 saturated heterocycles. The lowest BCUT2D eigenvalue weighted by Gasteiger charge is -2.26. The van der Waals surface area contributed by atoms with Gasteiger partial charge < -0.3 is 5.32 Å². The smallest absolute Gasteiger partial charge is 0.260 e. The van der Waals surface area contributed by atoms with E-state index in [1.165, 1.54) is 0 Å². The van der Waals surface area contributed by atoms with Gasteiger partial charge in [0, 0.05) is 6.42 Å². The summed E-state index contributed by atoms with van der Waals surface area (Å²) in [5.74, 6) is -2.34. The second-order valence-corrected chi connectivity index (χ2v) is 2.80. The van der Waals surface area contributed by atoms with Crippen LogP contribution in [0, 0.1) is 5.92 Å². The molecule has 13 heavy (non-hydrogen) atoms. The summed E-state index contributed by atoms with van der Waals surface area (Å²) < 4.78 is 24.8. The van der Waals surface area contributed by atoms with E-state index in [0.29, 0.717) is 0 Å². The molecule has 3 heteroatoms. The first kappa shape index (κ1) is 15.3. The van der Waals surface area contributed by atoms with Crippen LogP contribution in [0.5, 0.6) is 0 Å². The van der Waals surface area contributed by atoms with E-state index in [0.717, 1.165) is 6.54 Å². The first-order valence-corrected chi connectivity index (χ1v) is 5.19. The minimum absolute atomic E-state index is 0.0417. The van der Waals surface area contributed by atoms with Crippen LogP contribution < -0.4 is 5.32 Å². The highest BCUT2D eigenvalue weighted by atomic mass is 19.3. The fourth-order valence-corrected chi connectivity index (χ4v) is 1.16. The van der Waals surface area contributed by atoms with E-state index in [2.05, 4.69) is 5.32 Å². The Morgan fingerprint density at radius 2 is 1.62 bits per heavy atom. The van der Waals surface area contributed by atoms with Crippen molar-refractivity contribution in [2.45, 2.75) is 47.0 Å². The highest BCUT2D eigenvalue weighted by molar-refractivity contribution is 4.78. The lowest BCUT2D eigenvalue weighted by molar-refractivity contribution is -0.0362. The molecule has 1 nitrogen and oxygen atoms in total. The summed E-state index contributed by atoms with van der Waals surface area (Å²) in [4.78, 5) is 0. The molecule has 1 fully saturated rings. The van der Waals surface area contributed by atoms with Crippen LogP contribution in [-0.4, -0.2) is 19.0 Å².